The molecule has 0 aliphatic heterocycles. The minimum absolute atomic E-state index is 0.0322. The highest BCUT2D eigenvalue weighted by atomic mass is 79.9. The fraction of sp³-hybridized carbons (Fsp3) is 0. The molecule has 0 saturated carbocycles. The van der Waals surface area contributed by atoms with E-state index in [1.807, 2.05) is 0 Å². The van der Waals surface area contributed by atoms with Gasteiger partial charge in [-0.2, -0.15) is 5.10 Å². The lowest BCUT2D eigenvalue weighted by Crippen LogP contribution is -2.32. The number of hydrazone groups is 1. The zero-order valence-corrected chi connectivity index (χ0v) is 18.5. The molecule has 9 nitrogen and oxygen atoms in total. The largest absolute Gasteiger partial charge is 0.507 e. The number of non-ortho nitro benzene ring substituents is 1. The maximum absolute atomic E-state index is 12.7. The van der Waals surface area contributed by atoms with Gasteiger partial charge in [0.1, 0.15) is 11.4 Å². The third-order valence-corrected chi connectivity index (χ3v) is 4.80. The highest BCUT2D eigenvalue weighted by molar-refractivity contribution is 9.10. The number of nitro groups is 1. The van der Waals surface area contributed by atoms with Crippen LogP contribution < -0.4 is 10.7 Å². The first-order valence-corrected chi connectivity index (χ1v) is 10.3. The van der Waals surface area contributed by atoms with Gasteiger partial charge in [0.2, 0.25) is 0 Å². The Morgan fingerprint density at radius 3 is 2.39 bits per heavy atom. The topological polar surface area (TPSA) is 134 Å². The summed E-state index contributed by atoms with van der Waals surface area (Å²) in [6.07, 6.45) is 2.62. The molecule has 0 atom stereocenters. The van der Waals surface area contributed by atoms with Gasteiger partial charge in [-0.05, 0) is 54.1 Å². The Bertz CT molecular complexity index is 1240. The van der Waals surface area contributed by atoms with Crippen LogP contribution in [0.4, 0.5) is 5.69 Å². The Labute approximate surface area is 196 Å². The van der Waals surface area contributed by atoms with Crippen molar-refractivity contribution in [3.05, 3.63) is 110 Å². The highest BCUT2D eigenvalue weighted by Crippen LogP contribution is 2.20. The van der Waals surface area contributed by atoms with Gasteiger partial charge in [0, 0.05) is 27.7 Å². The number of hydrogen-bond donors (Lipinski definition) is 3. The summed E-state index contributed by atoms with van der Waals surface area (Å²) in [5.41, 5.74) is 3.21. The first-order valence-electron chi connectivity index (χ1n) is 9.48. The molecule has 3 aromatic carbocycles. The lowest BCUT2D eigenvalue weighted by Gasteiger charge is -2.09. The third-order valence-electron chi connectivity index (χ3n) is 4.30. The number of halogens is 1. The number of nitrogens with one attached hydrogen (secondary N) is 2. The minimum Gasteiger partial charge on any atom is -0.507 e. The van der Waals surface area contributed by atoms with Crippen molar-refractivity contribution in [3.8, 4) is 5.75 Å². The van der Waals surface area contributed by atoms with E-state index in [0.717, 1.165) is 0 Å². The third kappa shape index (κ3) is 6.58. The number of nitro benzene ring substituents is 1. The molecule has 0 aliphatic rings. The molecule has 0 fully saturated rings. The summed E-state index contributed by atoms with van der Waals surface area (Å²) in [6, 6.07) is 18.5. The van der Waals surface area contributed by atoms with Gasteiger partial charge >= 0.3 is 0 Å². The van der Waals surface area contributed by atoms with Gasteiger partial charge in [0.05, 0.1) is 11.1 Å². The second kappa shape index (κ2) is 10.8. The Hall–Kier alpha value is -4.31. The van der Waals surface area contributed by atoms with Gasteiger partial charge in [0.15, 0.2) is 0 Å². The molecule has 166 valence electrons. The first kappa shape index (κ1) is 23.4. The number of phenolic OH excluding ortho intramolecular Hbond substituents is 1. The van der Waals surface area contributed by atoms with Crippen molar-refractivity contribution in [1.29, 1.82) is 0 Å². The number of carbonyl (C=O) groups is 2. The lowest BCUT2D eigenvalue weighted by molar-refractivity contribution is -0.384. The Morgan fingerprint density at radius 1 is 1.03 bits per heavy atom. The molecule has 3 aromatic rings. The molecule has 2 amide bonds. The molecule has 3 rings (SSSR count). The molecule has 0 spiro atoms. The fourth-order valence-electron chi connectivity index (χ4n) is 2.65. The van der Waals surface area contributed by atoms with E-state index in [4.69, 9.17) is 0 Å². The second-order valence-electron chi connectivity index (χ2n) is 6.63. The molecule has 0 bridgehead atoms. The summed E-state index contributed by atoms with van der Waals surface area (Å²) in [5.74, 6) is -1.29. The quantitative estimate of drug-likeness (QED) is 0.192. The molecular formula is C23H17BrN4O5. The van der Waals surface area contributed by atoms with E-state index in [2.05, 4.69) is 31.8 Å². The van der Waals surface area contributed by atoms with Crippen molar-refractivity contribution < 1.29 is 19.6 Å². The summed E-state index contributed by atoms with van der Waals surface area (Å²) in [6.45, 7) is 0. The van der Waals surface area contributed by atoms with Crippen LogP contribution in [0, 0.1) is 10.1 Å². The van der Waals surface area contributed by atoms with Gasteiger partial charge < -0.3 is 10.4 Å². The number of phenols is 1. The standard InChI is InChI=1S/C23H17BrN4O5/c24-18-8-11-21(29)17(13-18)14-25-27-23(31)20(26-22(30)16-4-2-1-3-5-16)12-15-6-9-19(10-7-15)28(32)33/h1-14,29H,(H,26,30)(H,27,31)/b20-12+,25-14+. The molecule has 33 heavy (non-hydrogen) atoms. The van der Waals surface area contributed by atoms with Crippen molar-refractivity contribution in [1.82, 2.24) is 10.7 Å². The van der Waals surface area contributed by atoms with E-state index < -0.39 is 16.7 Å². The summed E-state index contributed by atoms with van der Waals surface area (Å²) in [5, 5.41) is 27.1. The number of rotatable bonds is 7. The number of carbonyl (C=O) groups excluding carboxylic acids is 2. The molecule has 0 unspecified atom stereocenters. The molecule has 10 heteroatoms. The van der Waals surface area contributed by atoms with Gasteiger partial charge in [-0.25, -0.2) is 5.43 Å². The van der Waals surface area contributed by atoms with Crippen molar-refractivity contribution in [2.45, 2.75) is 0 Å². The minimum atomic E-state index is -0.733. The van der Waals surface area contributed by atoms with Gasteiger partial charge in [-0.1, -0.05) is 34.1 Å². The molecule has 3 N–H and O–H groups in total. The van der Waals surface area contributed by atoms with E-state index in [1.165, 1.54) is 42.6 Å². The molecule has 0 radical (unpaired) electrons. The van der Waals surface area contributed by atoms with Crippen molar-refractivity contribution in [2.24, 2.45) is 5.10 Å². The van der Waals surface area contributed by atoms with Crippen molar-refractivity contribution in [2.75, 3.05) is 0 Å². The number of aromatic hydroxyl groups is 1. The van der Waals surface area contributed by atoms with Crippen molar-refractivity contribution >= 4 is 45.7 Å². The highest BCUT2D eigenvalue weighted by Gasteiger charge is 2.15. The molecule has 0 aromatic heterocycles. The van der Waals surface area contributed by atoms with E-state index in [0.29, 0.717) is 21.2 Å². The number of amides is 2. The van der Waals surface area contributed by atoms with E-state index in [1.54, 1.807) is 42.5 Å². The average Bonchev–Trinajstić information content (AvgIpc) is 2.81. The Balaban J connectivity index is 1.84. The lowest BCUT2D eigenvalue weighted by atomic mass is 10.1. The SMILES string of the molecule is O=C(N/N=C/c1cc(Br)ccc1O)/C(=C\c1ccc([N+](=O)[O-])cc1)NC(=O)c1ccccc1. The zero-order valence-electron chi connectivity index (χ0n) is 16.9. The van der Waals surface area contributed by atoms with E-state index in [-0.39, 0.29) is 17.1 Å². The van der Waals surface area contributed by atoms with Crippen LogP contribution in [0.3, 0.4) is 0 Å². The van der Waals surface area contributed by atoms with Crippen LogP contribution in [0.25, 0.3) is 6.08 Å². The Morgan fingerprint density at radius 2 is 1.73 bits per heavy atom. The Kier molecular flexibility index (Phi) is 7.66. The second-order valence-corrected chi connectivity index (χ2v) is 7.54. The van der Waals surface area contributed by atoms with Crippen LogP contribution in [-0.2, 0) is 4.79 Å². The molecule has 0 saturated heterocycles. The summed E-state index contributed by atoms with van der Waals surface area (Å²) in [4.78, 5) is 35.6. The average molecular weight is 509 g/mol. The normalized spacial score (nSPS) is 11.2. The molecular weight excluding hydrogens is 492 g/mol. The molecule has 0 aliphatic carbocycles. The number of nitrogens with zero attached hydrogens (tertiary/aromatic N) is 2. The predicted octanol–water partition coefficient (Wildman–Crippen LogP) is 3.98. The maximum atomic E-state index is 12.7. The van der Waals surface area contributed by atoms with E-state index >= 15 is 0 Å². The van der Waals surface area contributed by atoms with Crippen LogP contribution in [-0.4, -0.2) is 28.1 Å². The maximum Gasteiger partial charge on any atom is 0.287 e. The van der Waals surface area contributed by atoms with Crippen LogP contribution in [0.2, 0.25) is 0 Å². The first-order chi connectivity index (χ1) is 15.8. The monoisotopic (exact) mass is 508 g/mol. The van der Waals surface area contributed by atoms with Gasteiger partial charge in [0.25, 0.3) is 17.5 Å². The van der Waals surface area contributed by atoms with Crippen LogP contribution in [0.15, 0.2) is 88.1 Å². The molecule has 0 heterocycles. The van der Waals surface area contributed by atoms with Gasteiger partial charge in [-0.3, -0.25) is 19.7 Å². The smallest absolute Gasteiger partial charge is 0.287 e. The number of hydrogen-bond acceptors (Lipinski definition) is 6. The summed E-state index contributed by atoms with van der Waals surface area (Å²) >= 11 is 3.28. The number of benzene rings is 3. The summed E-state index contributed by atoms with van der Waals surface area (Å²) in [7, 11) is 0. The van der Waals surface area contributed by atoms with E-state index in [9.17, 15) is 24.8 Å². The summed E-state index contributed by atoms with van der Waals surface area (Å²) < 4.78 is 0.710. The van der Waals surface area contributed by atoms with Crippen LogP contribution >= 0.6 is 15.9 Å². The predicted molar refractivity (Wildman–Crippen MR) is 127 cm³/mol. The van der Waals surface area contributed by atoms with Gasteiger partial charge in [-0.15, -0.1) is 0 Å². The fourth-order valence-corrected chi connectivity index (χ4v) is 3.03. The van der Waals surface area contributed by atoms with Crippen LogP contribution in [0.5, 0.6) is 5.75 Å². The van der Waals surface area contributed by atoms with Crippen LogP contribution in [0.1, 0.15) is 21.5 Å². The van der Waals surface area contributed by atoms with Crippen molar-refractivity contribution in [3.63, 3.8) is 0 Å². The zero-order chi connectivity index (χ0) is 23.8.